The SMILES string of the molecule is CCCNCCNC(=O)c1ccncc1F.Cl.Cl. The van der Waals surface area contributed by atoms with Gasteiger partial charge in [0.2, 0.25) is 0 Å². The fourth-order valence-electron chi connectivity index (χ4n) is 1.22. The van der Waals surface area contributed by atoms with Crippen molar-refractivity contribution in [3.05, 3.63) is 29.8 Å². The summed E-state index contributed by atoms with van der Waals surface area (Å²) in [5, 5.41) is 5.77. The van der Waals surface area contributed by atoms with Crippen LogP contribution in [0.2, 0.25) is 0 Å². The lowest BCUT2D eigenvalue weighted by Gasteiger charge is -2.06. The van der Waals surface area contributed by atoms with Crippen LogP contribution in [0.3, 0.4) is 0 Å². The number of pyridine rings is 1. The number of hydrogen-bond acceptors (Lipinski definition) is 3. The smallest absolute Gasteiger partial charge is 0.254 e. The zero-order valence-electron chi connectivity index (χ0n) is 10.1. The highest BCUT2D eigenvalue weighted by molar-refractivity contribution is 5.94. The van der Waals surface area contributed by atoms with E-state index in [1.807, 2.05) is 0 Å². The third-order valence-corrected chi connectivity index (χ3v) is 2.03. The molecule has 1 amide bonds. The van der Waals surface area contributed by atoms with Crippen molar-refractivity contribution in [3.63, 3.8) is 0 Å². The van der Waals surface area contributed by atoms with Gasteiger partial charge in [0.1, 0.15) is 0 Å². The molecule has 0 atom stereocenters. The first-order valence-corrected chi connectivity index (χ1v) is 5.34. The zero-order valence-corrected chi connectivity index (χ0v) is 11.7. The largest absolute Gasteiger partial charge is 0.351 e. The van der Waals surface area contributed by atoms with Crippen LogP contribution in [0, 0.1) is 5.82 Å². The highest BCUT2D eigenvalue weighted by atomic mass is 35.5. The Morgan fingerprint density at radius 3 is 2.67 bits per heavy atom. The monoisotopic (exact) mass is 297 g/mol. The lowest BCUT2D eigenvalue weighted by molar-refractivity contribution is 0.0949. The molecule has 2 N–H and O–H groups in total. The van der Waals surface area contributed by atoms with Crippen LogP contribution in [-0.4, -0.2) is 30.5 Å². The van der Waals surface area contributed by atoms with Gasteiger partial charge in [0.25, 0.3) is 5.91 Å². The van der Waals surface area contributed by atoms with Crippen LogP contribution < -0.4 is 10.6 Å². The Kier molecular flexibility index (Phi) is 12.1. The van der Waals surface area contributed by atoms with Gasteiger partial charge in [-0.15, -0.1) is 24.8 Å². The van der Waals surface area contributed by atoms with Crippen LogP contribution in [0.5, 0.6) is 0 Å². The predicted molar refractivity (Wildman–Crippen MR) is 74.2 cm³/mol. The van der Waals surface area contributed by atoms with E-state index < -0.39 is 11.7 Å². The van der Waals surface area contributed by atoms with Crippen LogP contribution in [0.25, 0.3) is 0 Å². The Labute approximate surface area is 119 Å². The van der Waals surface area contributed by atoms with Crippen molar-refractivity contribution in [2.24, 2.45) is 0 Å². The first-order valence-electron chi connectivity index (χ1n) is 5.34. The topological polar surface area (TPSA) is 54.0 Å². The van der Waals surface area contributed by atoms with Crippen molar-refractivity contribution in [1.29, 1.82) is 0 Å². The number of aromatic nitrogens is 1. The molecule has 0 saturated heterocycles. The highest BCUT2D eigenvalue weighted by Crippen LogP contribution is 2.03. The first kappa shape index (κ1) is 19.4. The Balaban J connectivity index is 0. The van der Waals surface area contributed by atoms with Gasteiger partial charge < -0.3 is 10.6 Å². The molecular formula is C11H18Cl2FN3O. The third kappa shape index (κ3) is 6.74. The summed E-state index contributed by atoms with van der Waals surface area (Å²) in [5.41, 5.74) is 0.0329. The van der Waals surface area contributed by atoms with Crippen molar-refractivity contribution in [1.82, 2.24) is 15.6 Å². The van der Waals surface area contributed by atoms with Crippen molar-refractivity contribution >= 4 is 30.7 Å². The van der Waals surface area contributed by atoms with E-state index in [4.69, 9.17) is 0 Å². The minimum absolute atomic E-state index is 0. The number of amides is 1. The molecule has 104 valence electrons. The Hall–Kier alpha value is -0.910. The van der Waals surface area contributed by atoms with Gasteiger partial charge in [-0.05, 0) is 19.0 Å². The minimum Gasteiger partial charge on any atom is -0.351 e. The van der Waals surface area contributed by atoms with E-state index in [0.29, 0.717) is 13.1 Å². The summed E-state index contributed by atoms with van der Waals surface area (Å²) in [6.45, 7) is 4.16. The number of halogens is 3. The van der Waals surface area contributed by atoms with Gasteiger partial charge in [-0.25, -0.2) is 4.39 Å². The Morgan fingerprint density at radius 1 is 1.33 bits per heavy atom. The minimum atomic E-state index is -0.596. The van der Waals surface area contributed by atoms with E-state index in [1.54, 1.807) is 0 Å². The Bertz CT molecular complexity index is 353. The van der Waals surface area contributed by atoms with Gasteiger partial charge in [-0.2, -0.15) is 0 Å². The van der Waals surface area contributed by atoms with E-state index in [-0.39, 0.29) is 30.4 Å². The molecule has 1 aromatic heterocycles. The molecule has 1 aromatic rings. The zero-order chi connectivity index (χ0) is 11.8. The van der Waals surface area contributed by atoms with E-state index in [2.05, 4.69) is 22.5 Å². The summed E-state index contributed by atoms with van der Waals surface area (Å²) >= 11 is 0. The summed E-state index contributed by atoms with van der Waals surface area (Å²) in [6, 6.07) is 1.37. The summed E-state index contributed by atoms with van der Waals surface area (Å²) in [5.74, 6) is -1.00. The maximum absolute atomic E-state index is 13.1. The number of rotatable bonds is 6. The van der Waals surface area contributed by atoms with Crippen molar-refractivity contribution in [3.8, 4) is 0 Å². The number of hydrogen-bond donors (Lipinski definition) is 2. The van der Waals surface area contributed by atoms with Crippen LogP contribution >= 0.6 is 24.8 Å². The average Bonchev–Trinajstić information content (AvgIpc) is 2.29. The average molecular weight is 298 g/mol. The van der Waals surface area contributed by atoms with E-state index in [9.17, 15) is 9.18 Å². The lowest BCUT2D eigenvalue weighted by Crippen LogP contribution is -2.32. The third-order valence-electron chi connectivity index (χ3n) is 2.03. The van der Waals surface area contributed by atoms with Gasteiger partial charge in [0.05, 0.1) is 11.8 Å². The quantitative estimate of drug-likeness (QED) is 0.787. The molecule has 7 heteroatoms. The second-order valence-corrected chi connectivity index (χ2v) is 3.36. The molecule has 0 saturated carbocycles. The van der Waals surface area contributed by atoms with Crippen LogP contribution in [0.1, 0.15) is 23.7 Å². The molecule has 1 rings (SSSR count). The normalized spacial score (nSPS) is 9.00. The standard InChI is InChI=1S/C11H16FN3O.2ClH/c1-2-4-13-6-7-15-11(16)9-3-5-14-8-10(9)12;;/h3,5,8,13H,2,4,6-7H2,1H3,(H,15,16);2*1H. The van der Waals surface area contributed by atoms with Gasteiger partial charge in [0, 0.05) is 19.3 Å². The Morgan fingerprint density at radius 2 is 2.06 bits per heavy atom. The fraction of sp³-hybridized carbons (Fsp3) is 0.455. The predicted octanol–water partition coefficient (Wildman–Crippen LogP) is 1.79. The molecule has 0 spiro atoms. The van der Waals surface area contributed by atoms with Crippen molar-refractivity contribution in [2.45, 2.75) is 13.3 Å². The molecule has 0 unspecified atom stereocenters. The molecule has 0 bridgehead atoms. The first-order chi connectivity index (χ1) is 7.75. The molecule has 0 aromatic carbocycles. The molecule has 0 aliphatic rings. The van der Waals surface area contributed by atoms with Gasteiger partial charge in [-0.3, -0.25) is 9.78 Å². The second kappa shape index (κ2) is 11.2. The summed E-state index contributed by atoms with van der Waals surface area (Å²) in [4.78, 5) is 15.1. The number of carbonyl (C=O) groups excluding carboxylic acids is 1. The van der Waals surface area contributed by atoms with Crippen LogP contribution in [0.15, 0.2) is 18.5 Å². The van der Waals surface area contributed by atoms with Gasteiger partial charge in [-0.1, -0.05) is 6.92 Å². The van der Waals surface area contributed by atoms with Crippen molar-refractivity contribution < 1.29 is 9.18 Å². The molecule has 18 heavy (non-hydrogen) atoms. The molecule has 1 heterocycles. The summed E-state index contributed by atoms with van der Waals surface area (Å²) in [6.07, 6.45) is 3.48. The maximum atomic E-state index is 13.1. The molecule has 4 nitrogen and oxygen atoms in total. The van der Waals surface area contributed by atoms with Crippen molar-refractivity contribution in [2.75, 3.05) is 19.6 Å². The lowest BCUT2D eigenvalue weighted by atomic mass is 10.2. The molecule has 0 fully saturated rings. The van der Waals surface area contributed by atoms with E-state index in [1.165, 1.54) is 12.3 Å². The molecule has 0 radical (unpaired) electrons. The number of carbonyl (C=O) groups is 1. The van der Waals surface area contributed by atoms with E-state index >= 15 is 0 Å². The number of nitrogens with zero attached hydrogens (tertiary/aromatic N) is 1. The maximum Gasteiger partial charge on any atom is 0.254 e. The van der Waals surface area contributed by atoms with Gasteiger partial charge >= 0.3 is 0 Å². The second-order valence-electron chi connectivity index (χ2n) is 3.36. The van der Waals surface area contributed by atoms with Crippen LogP contribution in [0.4, 0.5) is 4.39 Å². The van der Waals surface area contributed by atoms with Gasteiger partial charge in [0.15, 0.2) is 5.82 Å². The molecule has 0 aliphatic heterocycles. The fourth-order valence-corrected chi connectivity index (χ4v) is 1.22. The summed E-state index contributed by atoms with van der Waals surface area (Å²) in [7, 11) is 0. The highest BCUT2D eigenvalue weighted by Gasteiger charge is 2.09. The molecule has 0 aliphatic carbocycles. The van der Waals surface area contributed by atoms with Crippen LogP contribution in [-0.2, 0) is 0 Å². The summed E-state index contributed by atoms with van der Waals surface area (Å²) < 4.78 is 13.1. The molecular weight excluding hydrogens is 280 g/mol. The van der Waals surface area contributed by atoms with E-state index in [0.717, 1.165) is 19.2 Å². The number of nitrogens with one attached hydrogen (secondary N) is 2.